The number of ketones is 1. The van der Waals surface area contributed by atoms with Gasteiger partial charge < -0.3 is 4.74 Å². The zero-order valence-electron chi connectivity index (χ0n) is 13.9. The molecule has 27 heavy (non-hydrogen) atoms. The summed E-state index contributed by atoms with van der Waals surface area (Å²) in [7, 11) is 1.33. The van der Waals surface area contributed by atoms with Crippen LogP contribution in [0.5, 0.6) is 5.75 Å². The summed E-state index contributed by atoms with van der Waals surface area (Å²) in [6, 6.07) is 4.00. The molecule has 0 bridgehead atoms. The molecule has 0 N–H and O–H groups in total. The Morgan fingerprint density at radius 2 is 1.70 bits per heavy atom. The molecule has 0 aromatic heterocycles. The van der Waals surface area contributed by atoms with Crippen LogP contribution in [0.25, 0.3) is 0 Å². The van der Waals surface area contributed by atoms with Crippen LogP contribution in [0.4, 0.5) is 30.7 Å². The molecule has 0 aliphatic rings. The van der Waals surface area contributed by atoms with E-state index < -0.39 is 42.2 Å². The number of amides is 1. The standard InChI is InChI=1S/C15H13F7N2O3/c1-8(6-11(25)13(16,17)14(18,19)15(20,21)22)23-24-12(26)9-4-3-5-10(7-9)27-2/h3-5,7-8H,6H2,1-2H3. The van der Waals surface area contributed by atoms with Crippen molar-refractivity contribution in [2.75, 3.05) is 7.11 Å². The van der Waals surface area contributed by atoms with E-state index in [2.05, 4.69) is 10.2 Å². The van der Waals surface area contributed by atoms with Gasteiger partial charge in [0.25, 0.3) is 5.91 Å². The second-order valence-corrected chi connectivity index (χ2v) is 5.38. The van der Waals surface area contributed by atoms with E-state index >= 15 is 0 Å². The number of rotatable bonds is 7. The third kappa shape index (κ3) is 5.01. The van der Waals surface area contributed by atoms with Gasteiger partial charge in [-0.15, -0.1) is 5.11 Å². The van der Waals surface area contributed by atoms with Gasteiger partial charge in [0.2, 0.25) is 5.78 Å². The first-order valence-electron chi connectivity index (χ1n) is 7.19. The van der Waals surface area contributed by atoms with E-state index in [1.807, 2.05) is 0 Å². The quantitative estimate of drug-likeness (QED) is 0.499. The monoisotopic (exact) mass is 402 g/mol. The van der Waals surface area contributed by atoms with Gasteiger partial charge in [-0.1, -0.05) is 6.07 Å². The van der Waals surface area contributed by atoms with E-state index in [1.165, 1.54) is 31.4 Å². The molecular formula is C15H13F7N2O3. The van der Waals surface area contributed by atoms with Crippen molar-refractivity contribution < 1.29 is 45.1 Å². The number of carbonyl (C=O) groups is 2. The SMILES string of the molecule is COc1cccc(C(=O)N=NC(C)CC(=O)C(F)(F)C(F)(F)C(F)(F)F)c1. The van der Waals surface area contributed by atoms with Crippen LogP contribution < -0.4 is 4.74 Å². The van der Waals surface area contributed by atoms with Gasteiger partial charge in [-0.05, 0) is 25.1 Å². The van der Waals surface area contributed by atoms with Crippen LogP contribution in [-0.2, 0) is 4.79 Å². The Bertz CT molecular complexity index is 732. The fraction of sp³-hybridized carbons (Fsp3) is 0.467. The van der Waals surface area contributed by atoms with Crippen molar-refractivity contribution in [1.29, 1.82) is 0 Å². The lowest BCUT2D eigenvalue weighted by atomic mass is 10.0. The third-order valence-electron chi connectivity index (χ3n) is 3.24. The lowest BCUT2D eigenvalue weighted by Gasteiger charge is -2.27. The van der Waals surface area contributed by atoms with Crippen LogP contribution in [0.2, 0.25) is 0 Å². The van der Waals surface area contributed by atoms with E-state index in [-0.39, 0.29) is 5.56 Å². The maximum absolute atomic E-state index is 13.2. The summed E-state index contributed by atoms with van der Waals surface area (Å²) >= 11 is 0. The molecule has 0 heterocycles. The first-order chi connectivity index (χ1) is 12.2. The zero-order valence-corrected chi connectivity index (χ0v) is 13.9. The largest absolute Gasteiger partial charge is 0.497 e. The molecule has 0 aliphatic heterocycles. The molecule has 1 rings (SSSR count). The van der Waals surface area contributed by atoms with Crippen LogP contribution in [0.3, 0.4) is 0 Å². The van der Waals surface area contributed by atoms with E-state index in [4.69, 9.17) is 4.74 Å². The first kappa shape index (κ1) is 22.5. The summed E-state index contributed by atoms with van der Waals surface area (Å²) in [5.74, 6) is -15.9. The predicted molar refractivity (Wildman–Crippen MR) is 77.2 cm³/mol. The van der Waals surface area contributed by atoms with Crippen LogP contribution in [0, 0.1) is 0 Å². The number of alkyl halides is 7. The minimum Gasteiger partial charge on any atom is -0.497 e. The van der Waals surface area contributed by atoms with Crippen molar-refractivity contribution in [3.05, 3.63) is 29.8 Å². The highest BCUT2D eigenvalue weighted by Crippen LogP contribution is 2.47. The number of azo groups is 1. The molecule has 150 valence electrons. The lowest BCUT2D eigenvalue weighted by Crippen LogP contribution is -2.56. The fourth-order valence-electron chi connectivity index (χ4n) is 1.76. The number of methoxy groups -OCH3 is 1. The van der Waals surface area contributed by atoms with Crippen LogP contribution in [0.15, 0.2) is 34.5 Å². The molecule has 0 saturated carbocycles. The van der Waals surface area contributed by atoms with Crippen LogP contribution >= 0.6 is 0 Å². The Balaban J connectivity index is 2.83. The highest BCUT2D eigenvalue weighted by atomic mass is 19.4. The molecular weight excluding hydrogens is 389 g/mol. The van der Waals surface area contributed by atoms with Crippen molar-refractivity contribution in [3.8, 4) is 5.75 Å². The van der Waals surface area contributed by atoms with Gasteiger partial charge in [0, 0.05) is 12.0 Å². The molecule has 1 unspecified atom stereocenters. The summed E-state index contributed by atoms with van der Waals surface area (Å²) in [6.45, 7) is 0.946. The molecule has 0 aliphatic carbocycles. The molecule has 1 aromatic rings. The van der Waals surface area contributed by atoms with Gasteiger partial charge in [-0.25, -0.2) is 0 Å². The average Bonchev–Trinajstić information content (AvgIpc) is 2.58. The Hall–Kier alpha value is -2.53. The number of Topliss-reactive ketones (excluding diaryl/α,β-unsaturated/α-hetero) is 1. The van der Waals surface area contributed by atoms with Gasteiger partial charge in [-0.3, -0.25) is 9.59 Å². The van der Waals surface area contributed by atoms with E-state index in [9.17, 15) is 40.3 Å². The Morgan fingerprint density at radius 1 is 1.11 bits per heavy atom. The maximum Gasteiger partial charge on any atom is 0.460 e. The molecule has 12 heteroatoms. The molecule has 0 radical (unpaired) electrons. The third-order valence-corrected chi connectivity index (χ3v) is 3.24. The van der Waals surface area contributed by atoms with E-state index in [1.54, 1.807) is 0 Å². The Labute approximate surface area is 148 Å². The molecule has 5 nitrogen and oxygen atoms in total. The van der Waals surface area contributed by atoms with Gasteiger partial charge in [-0.2, -0.15) is 35.8 Å². The summed E-state index contributed by atoms with van der Waals surface area (Å²) in [5, 5.41) is 6.35. The lowest BCUT2D eigenvalue weighted by molar-refractivity contribution is -0.343. The summed E-state index contributed by atoms with van der Waals surface area (Å²) < 4.78 is 93.1. The Morgan fingerprint density at radius 3 is 2.22 bits per heavy atom. The normalized spacial score (nSPS) is 14.3. The van der Waals surface area contributed by atoms with Crippen molar-refractivity contribution in [2.24, 2.45) is 10.2 Å². The summed E-state index contributed by atoms with van der Waals surface area (Å²) in [4.78, 5) is 23.0. The maximum atomic E-state index is 13.2. The van der Waals surface area contributed by atoms with Gasteiger partial charge in [0.1, 0.15) is 5.75 Å². The molecule has 1 amide bonds. The van der Waals surface area contributed by atoms with Gasteiger partial charge in [0.15, 0.2) is 0 Å². The van der Waals surface area contributed by atoms with Crippen LogP contribution in [0.1, 0.15) is 23.7 Å². The first-order valence-corrected chi connectivity index (χ1v) is 7.19. The van der Waals surface area contributed by atoms with E-state index in [0.717, 1.165) is 6.92 Å². The molecule has 0 fully saturated rings. The summed E-state index contributed by atoms with van der Waals surface area (Å²) in [5.41, 5.74) is -0.00874. The second kappa shape index (κ2) is 8.01. The smallest absolute Gasteiger partial charge is 0.460 e. The van der Waals surface area contributed by atoms with Crippen molar-refractivity contribution in [1.82, 2.24) is 0 Å². The number of hydrogen-bond donors (Lipinski definition) is 0. The van der Waals surface area contributed by atoms with Crippen molar-refractivity contribution >= 4 is 11.7 Å². The van der Waals surface area contributed by atoms with Crippen molar-refractivity contribution in [3.63, 3.8) is 0 Å². The molecule has 1 atom stereocenters. The number of hydrogen-bond acceptors (Lipinski definition) is 4. The van der Waals surface area contributed by atoms with Gasteiger partial charge in [0.05, 0.1) is 13.2 Å². The average molecular weight is 402 g/mol. The molecule has 1 aromatic carbocycles. The number of benzene rings is 1. The van der Waals surface area contributed by atoms with E-state index in [0.29, 0.717) is 5.75 Å². The van der Waals surface area contributed by atoms with Crippen LogP contribution in [-0.4, -0.2) is 42.9 Å². The molecule has 0 spiro atoms. The number of carbonyl (C=O) groups excluding carboxylic acids is 2. The number of halogens is 7. The number of nitrogens with zero attached hydrogens (tertiary/aromatic N) is 2. The Kier molecular flexibility index (Phi) is 6.68. The fourth-order valence-corrected chi connectivity index (χ4v) is 1.76. The van der Waals surface area contributed by atoms with Gasteiger partial charge >= 0.3 is 18.0 Å². The number of ether oxygens (including phenoxy) is 1. The van der Waals surface area contributed by atoms with Crippen molar-refractivity contribution in [2.45, 2.75) is 37.4 Å². The predicted octanol–water partition coefficient (Wildman–Crippen LogP) is 4.47. The molecule has 0 saturated heterocycles. The summed E-state index contributed by atoms with van der Waals surface area (Å²) in [6.07, 6.45) is -8.09. The topological polar surface area (TPSA) is 68.1 Å². The highest BCUT2D eigenvalue weighted by Gasteiger charge is 2.75. The second-order valence-electron chi connectivity index (χ2n) is 5.38. The minimum atomic E-state index is -6.61. The minimum absolute atomic E-state index is 0.00874. The highest BCUT2D eigenvalue weighted by molar-refractivity contribution is 5.95. The zero-order chi connectivity index (χ0) is 21.0.